The molecule has 26 heavy (non-hydrogen) atoms. The van der Waals surface area contributed by atoms with Gasteiger partial charge in [-0.15, -0.1) is 0 Å². The SMILES string of the molecule is O=C(NCc1nc(-c2ccccc2)no1)N1CCC(N2CCCCC2)C1. The summed E-state index contributed by atoms with van der Waals surface area (Å²) in [6.45, 7) is 4.22. The van der Waals surface area contributed by atoms with E-state index in [1.54, 1.807) is 0 Å². The molecule has 2 saturated heterocycles. The van der Waals surface area contributed by atoms with Crippen LogP contribution in [0.1, 0.15) is 31.6 Å². The highest BCUT2D eigenvalue weighted by atomic mass is 16.5. The summed E-state index contributed by atoms with van der Waals surface area (Å²) in [4.78, 5) is 21.2. The van der Waals surface area contributed by atoms with Crippen LogP contribution in [0, 0.1) is 0 Å². The number of carbonyl (C=O) groups is 1. The number of benzene rings is 1. The van der Waals surface area contributed by atoms with Crippen LogP contribution in [0.25, 0.3) is 11.4 Å². The number of nitrogens with one attached hydrogen (secondary N) is 1. The minimum atomic E-state index is -0.0519. The van der Waals surface area contributed by atoms with Gasteiger partial charge in [-0.2, -0.15) is 4.98 Å². The average Bonchev–Trinajstić information content (AvgIpc) is 3.37. The number of hydrogen-bond acceptors (Lipinski definition) is 5. The smallest absolute Gasteiger partial charge is 0.317 e. The van der Waals surface area contributed by atoms with Crippen molar-refractivity contribution in [2.24, 2.45) is 0 Å². The molecule has 1 N–H and O–H groups in total. The first-order valence-electron chi connectivity index (χ1n) is 9.44. The van der Waals surface area contributed by atoms with Crippen LogP contribution >= 0.6 is 0 Å². The van der Waals surface area contributed by atoms with Gasteiger partial charge < -0.3 is 14.7 Å². The van der Waals surface area contributed by atoms with E-state index in [1.165, 1.54) is 32.4 Å². The van der Waals surface area contributed by atoms with Crippen LogP contribution in [-0.2, 0) is 6.54 Å². The summed E-state index contributed by atoms with van der Waals surface area (Å²) in [5, 5.41) is 6.88. The molecule has 7 nitrogen and oxygen atoms in total. The summed E-state index contributed by atoms with van der Waals surface area (Å²) < 4.78 is 5.25. The van der Waals surface area contributed by atoms with Crippen LogP contribution in [-0.4, -0.2) is 58.2 Å². The molecule has 7 heteroatoms. The van der Waals surface area contributed by atoms with Crippen LogP contribution in [0.4, 0.5) is 4.79 Å². The van der Waals surface area contributed by atoms with Crippen molar-refractivity contribution in [2.45, 2.75) is 38.3 Å². The second kappa shape index (κ2) is 7.86. The van der Waals surface area contributed by atoms with Crippen LogP contribution in [0.3, 0.4) is 0 Å². The molecule has 2 amide bonds. The van der Waals surface area contributed by atoms with E-state index in [-0.39, 0.29) is 12.6 Å². The zero-order chi connectivity index (χ0) is 17.8. The number of amides is 2. The van der Waals surface area contributed by atoms with Crippen LogP contribution in [0.15, 0.2) is 34.9 Å². The zero-order valence-electron chi connectivity index (χ0n) is 14.9. The molecule has 0 radical (unpaired) electrons. The number of likely N-dealkylation sites (tertiary alicyclic amines) is 2. The molecule has 1 unspecified atom stereocenters. The van der Waals surface area contributed by atoms with Gasteiger partial charge in [-0.3, -0.25) is 4.90 Å². The summed E-state index contributed by atoms with van der Waals surface area (Å²) in [7, 11) is 0. The summed E-state index contributed by atoms with van der Waals surface area (Å²) in [6.07, 6.45) is 4.96. The average molecular weight is 355 g/mol. The second-order valence-electron chi connectivity index (χ2n) is 7.02. The van der Waals surface area contributed by atoms with Gasteiger partial charge in [0.25, 0.3) is 0 Å². The fraction of sp³-hybridized carbons (Fsp3) is 0.526. The number of piperidine rings is 1. The molecule has 1 aromatic heterocycles. The van der Waals surface area contributed by atoms with E-state index in [2.05, 4.69) is 20.4 Å². The molecule has 0 saturated carbocycles. The lowest BCUT2D eigenvalue weighted by molar-refractivity contribution is 0.161. The topological polar surface area (TPSA) is 74.5 Å². The van der Waals surface area contributed by atoms with E-state index >= 15 is 0 Å². The third kappa shape index (κ3) is 3.88. The third-order valence-corrected chi connectivity index (χ3v) is 5.25. The van der Waals surface area contributed by atoms with E-state index < -0.39 is 0 Å². The fourth-order valence-electron chi connectivity index (χ4n) is 3.80. The molecule has 0 aliphatic carbocycles. The molecular formula is C19H25N5O2. The van der Waals surface area contributed by atoms with Crippen LogP contribution < -0.4 is 5.32 Å². The first-order chi connectivity index (χ1) is 12.8. The first kappa shape index (κ1) is 17.0. The molecule has 2 aromatic rings. The van der Waals surface area contributed by atoms with E-state index in [1.807, 2.05) is 35.2 Å². The van der Waals surface area contributed by atoms with Gasteiger partial charge in [0.2, 0.25) is 11.7 Å². The van der Waals surface area contributed by atoms with Gasteiger partial charge in [-0.25, -0.2) is 4.79 Å². The number of rotatable bonds is 4. The van der Waals surface area contributed by atoms with Crippen molar-refractivity contribution >= 4 is 6.03 Å². The molecule has 2 aliphatic heterocycles. The minimum Gasteiger partial charge on any atom is -0.337 e. The molecule has 0 bridgehead atoms. The maximum absolute atomic E-state index is 12.4. The van der Waals surface area contributed by atoms with Gasteiger partial charge >= 0.3 is 6.03 Å². The number of aromatic nitrogens is 2. The van der Waals surface area contributed by atoms with Gasteiger partial charge in [0, 0.05) is 24.7 Å². The normalized spacial score (nSPS) is 21.1. The van der Waals surface area contributed by atoms with Crippen molar-refractivity contribution in [1.82, 2.24) is 25.3 Å². The Morgan fingerprint density at radius 2 is 1.96 bits per heavy atom. The van der Waals surface area contributed by atoms with Crippen molar-refractivity contribution in [3.8, 4) is 11.4 Å². The molecule has 2 aliphatic rings. The molecule has 3 heterocycles. The molecule has 1 atom stereocenters. The standard InChI is InChI=1S/C19H25N5O2/c25-19(24-12-9-16(14-24)23-10-5-2-6-11-23)20-13-17-21-18(22-26-17)15-7-3-1-4-8-15/h1,3-4,7-8,16H,2,5-6,9-14H2,(H,20,25). The van der Waals surface area contributed by atoms with Crippen molar-refractivity contribution in [3.05, 3.63) is 36.2 Å². The predicted molar refractivity (Wildman–Crippen MR) is 97.4 cm³/mol. The maximum Gasteiger partial charge on any atom is 0.317 e. The third-order valence-electron chi connectivity index (χ3n) is 5.25. The lowest BCUT2D eigenvalue weighted by atomic mass is 10.1. The Morgan fingerprint density at radius 1 is 1.15 bits per heavy atom. The van der Waals surface area contributed by atoms with Crippen molar-refractivity contribution in [1.29, 1.82) is 0 Å². The first-order valence-corrected chi connectivity index (χ1v) is 9.44. The fourth-order valence-corrected chi connectivity index (χ4v) is 3.80. The Balaban J connectivity index is 1.27. The molecular weight excluding hydrogens is 330 g/mol. The number of hydrogen-bond donors (Lipinski definition) is 1. The number of nitrogens with zero attached hydrogens (tertiary/aromatic N) is 4. The minimum absolute atomic E-state index is 0.0519. The van der Waals surface area contributed by atoms with Gasteiger partial charge in [0.05, 0.1) is 6.54 Å². The van der Waals surface area contributed by atoms with Gasteiger partial charge in [0.15, 0.2) is 0 Å². The number of carbonyl (C=O) groups excluding carboxylic acids is 1. The van der Waals surface area contributed by atoms with Crippen molar-refractivity contribution < 1.29 is 9.32 Å². The molecule has 4 rings (SSSR count). The van der Waals surface area contributed by atoms with E-state index in [9.17, 15) is 4.79 Å². The van der Waals surface area contributed by atoms with Gasteiger partial charge in [0.1, 0.15) is 0 Å². The number of urea groups is 1. The molecule has 1 aromatic carbocycles. The summed E-state index contributed by atoms with van der Waals surface area (Å²) in [5.74, 6) is 0.963. The van der Waals surface area contributed by atoms with E-state index in [0.29, 0.717) is 17.8 Å². The lowest BCUT2D eigenvalue weighted by Crippen LogP contribution is -2.43. The maximum atomic E-state index is 12.4. The summed E-state index contributed by atoms with van der Waals surface area (Å²) in [6, 6.07) is 10.1. The Kier molecular flexibility index (Phi) is 5.15. The Bertz CT molecular complexity index is 727. The highest BCUT2D eigenvalue weighted by Gasteiger charge is 2.30. The molecule has 2 fully saturated rings. The van der Waals surface area contributed by atoms with Crippen LogP contribution in [0.5, 0.6) is 0 Å². The van der Waals surface area contributed by atoms with Gasteiger partial charge in [-0.05, 0) is 32.4 Å². The summed E-state index contributed by atoms with van der Waals surface area (Å²) >= 11 is 0. The highest BCUT2D eigenvalue weighted by molar-refractivity contribution is 5.74. The van der Waals surface area contributed by atoms with E-state index in [0.717, 1.165) is 25.1 Å². The Hall–Kier alpha value is -2.41. The quantitative estimate of drug-likeness (QED) is 0.912. The zero-order valence-corrected chi connectivity index (χ0v) is 14.9. The van der Waals surface area contributed by atoms with Crippen LogP contribution in [0.2, 0.25) is 0 Å². The monoisotopic (exact) mass is 355 g/mol. The van der Waals surface area contributed by atoms with Gasteiger partial charge in [-0.1, -0.05) is 41.9 Å². The predicted octanol–water partition coefficient (Wildman–Crippen LogP) is 2.51. The molecule has 138 valence electrons. The van der Waals surface area contributed by atoms with Crippen molar-refractivity contribution in [2.75, 3.05) is 26.2 Å². The molecule has 0 spiro atoms. The Morgan fingerprint density at radius 3 is 2.77 bits per heavy atom. The summed E-state index contributed by atoms with van der Waals surface area (Å²) in [5.41, 5.74) is 0.901. The van der Waals surface area contributed by atoms with Crippen molar-refractivity contribution in [3.63, 3.8) is 0 Å². The second-order valence-corrected chi connectivity index (χ2v) is 7.02. The largest absolute Gasteiger partial charge is 0.337 e. The lowest BCUT2D eigenvalue weighted by Gasteiger charge is -2.32. The Labute approximate surface area is 153 Å². The van der Waals surface area contributed by atoms with E-state index in [4.69, 9.17) is 4.52 Å². The highest BCUT2D eigenvalue weighted by Crippen LogP contribution is 2.20.